The molecule has 0 saturated carbocycles. The number of hydrogen-bond acceptors (Lipinski definition) is 3. The molecule has 21 heavy (non-hydrogen) atoms. The van der Waals surface area contributed by atoms with E-state index in [4.69, 9.17) is 0 Å². The fraction of sp³-hybridized carbons (Fsp3) is 0.0769. The van der Waals surface area contributed by atoms with Crippen LogP contribution in [0.15, 0.2) is 42.0 Å². The second-order valence-electron chi connectivity index (χ2n) is 4.22. The standard InChI is InChI=1S/C13H8F3N3OS/c14-13(15,16)11(20)17-9-4-2-1-3-8(9)10-7-19-5-6-21-12(19)18-10/h1-7H,(H,17,20). The van der Waals surface area contributed by atoms with Crippen molar-refractivity contribution in [3.8, 4) is 11.3 Å². The summed E-state index contributed by atoms with van der Waals surface area (Å²) >= 11 is 1.41. The lowest BCUT2D eigenvalue weighted by Crippen LogP contribution is -2.30. The van der Waals surface area contributed by atoms with E-state index in [-0.39, 0.29) is 5.69 Å². The number of carbonyl (C=O) groups excluding carboxylic acids is 1. The molecule has 0 spiro atoms. The average molecular weight is 311 g/mol. The number of para-hydroxylation sites is 1. The van der Waals surface area contributed by atoms with Crippen LogP contribution in [-0.4, -0.2) is 21.5 Å². The van der Waals surface area contributed by atoms with Crippen molar-refractivity contribution in [3.05, 3.63) is 42.0 Å². The van der Waals surface area contributed by atoms with Gasteiger partial charge in [-0.15, -0.1) is 11.3 Å². The first-order chi connectivity index (χ1) is 9.95. The number of fused-ring (bicyclic) bond motifs is 1. The van der Waals surface area contributed by atoms with Gasteiger partial charge in [0.2, 0.25) is 0 Å². The van der Waals surface area contributed by atoms with Crippen LogP contribution in [0.25, 0.3) is 16.2 Å². The molecule has 0 aliphatic heterocycles. The molecular formula is C13H8F3N3OS. The summed E-state index contributed by atoms with van der Waals surface area (Å²) in [5.74, 6) is -2.00. The average Bonchev–Trinajstić information content (AvgIpc) is 2.99. The minimum absolute atomic E-state index is 0.0746. The molecule has 0 radical (unpaired) electrons. The van der Waals surface area contributed by atoms with Crippen molar-refractivity contribution in [2.45, 2.75) is 6.18 Å². The molecule has 0 atom stereocenters. The number of aromatic nitrogens is 2. The van der Waals surface area contributed by atoms with Gasteiger partial charge in [-0.05, 0) is 6.07 Å². The topological polar surface area (TPSA) is 46.4 Å². The highest BCUT2D eigenvalue weighted by molar-refractivity contribution is 7.15. The highest BCUT2D eigenvalue weighted by atomic mass is 32.1. The fourth-order valence-corrected chi connectivity index (χ4v) is 2.57. The molecule has 1 N–H and O–H groups in total. The molecule has 0 aliphatic carbocycles. The number of rotatable bonds is 2. The Labute approximate surface area is 120 Å². The zero-order valence-electron chi connectivity index (χ0n) is 10.4. The van der Waals surface area contributed by atoms with Gasteiger partial charge in [-0.3, -0.25) is 9.20 Å². The van der Waals surface area contributed by atoms with Crippen molar-refractivity contribution in [1.29, 1.82) is 0 Å². The summed E-state index contributed by atoms with van der Waals surface area (Å²) in [6, 6.07) is 6.24. The van der Waals surface area contributed by atoms with Gasteiger partial charge in [0.1, 0.15) is 0 Å². The van der Waals surface area contributed by atoms with Crippen LogP contribution in [0.2, 0.25) is 0 Å². The predicted octanol–water partition coefficient (Wildman–Crippen LogP) is 3.56. The number of benzene rings is 1. The van der Waals surface area contributed by atoms with Gasteiger partial charge in [-0.2, -0.15) is 13.2 Å². The van der Waals surface area contributed by atoms with E-state index in [2.05, 4.69) is 4.98 Å². The lowest BCUT2D eigenvalue weighted by Gasteiger charge is -2.11. The maximum atomic E-state index is 12.4. The number of nitrogens with one attached hydrogen (secondary N) is 1. The first-order valence-corrected chi connectivity index (χ1v) is 6.73. The van der Waals surface area contributed by atoms with Gasteiger partial charge >= 0.3 is 12.1 Å². The monoisotopic (exact) mass is 311 g/mol. The summed E-state index contributed by atoms with van der Waals surface area (Å²) in [6.07, 6.45) is -1.43. The number of hydrogen-bond donors (Lipinski definition) is 1. The SMILES string of the molecule is O=C(Nc1ccccc1-c1cn2ccsc2n1)C(F)(F)F. The third kappa shape index (κ3) is 2.62. The number of amides is 1. The first-order valence-electron chi connectivity index (χ1n) is 5.85. The smallest absolute Gasteiger partial charge is 0.318 e. The molecule has 3 aromatic rings. The molecule has 0 unspecified atom stereocenters. The van der Waals surface area contributed by atoms with Gasteiger partial charge in [-0.1, -0.05) is 18.2 Å². The van der Waals surface area contributed by atoms with Crippen LogP contribution in [0.3, 0.4) is 0 Å². The van der Waals surface area contributed by atoms with Crippen LogP contribution in [0, 0.1) is 0 Å². The van der Waals surface area contributed by atoms with Crippen molar-refractivity contribution in [2.24, 2.45) is 0 Å². The molecular weight excluding hydrogens is 303 g/mol. The second kappa shape index (κ2) is 4.88. The van der Waals surface area contributed by atoms with Gasteiger partial charge in [0.25, 0.3) is 0 Å². The highest BCUT2D eigenvalue weighted by Gasteiger charge is 2.39. The van der Waals surface area contributed by atoms with Crippen molar-refractivity contribution in [2.75, 3.05) is 5.32 Å². The Kier molecular flexibility index (Phi) is 3.17. The minimum atomic E-state index is -4.93. The normalized spacial score (nSPS) is 11.8. The lowest BCUT2D eigenvalue weighted by atomic mass is 10.1. The van der Waals surface area contributed by atoms with E-state index >= 15 is 0 Å². The number of thiazole rings is 1. The molecule has 4 nitrogen and oxygen atoms in total. The molecule has 0 saturated heterocycles. The predicted molar refractivity (Wildman–Crippen MR) is 73.2 cm³/mol. The van der Waals surface area contributed by atoms with Crippen LogP contribution in [0.4, 0.5) is 18.9 Å². The van der Waals surface area contributed by atoms with E-state index in [1.54, 1.807) is 35.0 Å². The summed E-state index contributed by atoms with van der Waals surface area (Å²) in [4.78, 5) is 16.1. The Bertz CT molecular complexity index is 778. The third-order valence-corrected chi connectivity index (χ3v) is 3.57. The molecule has 8 heteroatoms. The molecule has 0 fully saturated rings. The fourth-order valence-electron chi connectivity index (χ4n) is 1.87. The number of nitrogens with zero attached hydrogens (tertiary/aromatic N) is 2. The van der Waals surface area contributed by atoms with E-state index in [9.17, 15) is 18.0 Å². The van der Waals surface area contributed by atoms with E-state index in [0.717, 1.165) is 4.96 Å². The van der Waals surface area contributed by atoms with Crippen molar-refractivity contribution in [3.63, 3.8) is 0 Å². The Hall–Kier alpha value is -2.35. The largest absolute Gasteiger partial charge is 0.471 e. The molecule has 3 rings (SSSR count). The highest BCUT2D eigenvalue weighted by Crippen LogP contribution is 2.29. The van der Waals surface area contributed by atoms with Gasteiger partial charge in [0, 0.05) is 23.3 Å². The summed E-state index contributed by atoms with van der Waals surface area (Å²) in [5.41, 5.74) is 1.01. The molecule has 2 aromatic heterocycles. The van der Waals surface area contributed by atoms with Crippen LogP contribution in [0.5, 0.6) is 0 Å². The van der Waals surface area contributed by atoms with Crippen LogP contribution in [-0.2, 0) is 4.79 Å². The molecule has 2 heterocycles. The Morgan fingerprint density at radius 1 is 1.29 bits per heavy atom. The quantitative estimate of drug-likeness (QED) is 0.786. The maximum absolute atomic E-state index is 12.4. The number of anilines is 1. The van der Waals surface area contributed by atoms with Gasteiger partial charge in [-0.25, -0.2) is 4.98 Å². The number of halogens is 3. The zero-order chi connectivity index (χ0) is 15.0. The minimum Gasteiger partial charge on any atom is -0.318 e. The molecule has 1 amide bonds. The van der Waals surface area contributed by atoms with E-state index in [1.807, 2.05) is 10.7 Å². The van der Waals surface area contributed by atoms with Crippen molar-refractivity contribution in [1.82, 2.24) is 9.38 Å². The third-order valence-electron chi connectivity index (χ3n) is 2.80. The van der Waals surface area contributed by atoms with E-state index < -0.39 is 12.1 Å². The number of alkyl halides is 3. The number of imidazole rings is 1. The Morgan fingerprint density at radius 3 is 2.76 bits per heavy atom. The van der Waals surface area contributed by atoms with E-state index in [0.29, 0.717) is 11.3 Å². The van der Waals surface area contributed by atoms with Gasteiger partial charge in [0.05, 0.1) is 11.4 Å². The zero-order valence-corrected chi connectivity index (χ0v) is 11.2. The summed E-state index contributed by atoms with van der Waals surface area (Å²) < 4.78 is 38.8. The summed E-state index contributed by atoms with van der Waals surface area (Å²) in [5, 5.41) is 3.73. The van der Waals surface area contributed by atoms with E-state index in [1.165, 1.54) is 17.4 Å². The first kappa shape index (κ1) is 13.6. The van der Waals surface area contributed by atoms with Gasteiger partial charge in [0.15, 0.2) is 4.96 Å². The summed E-state index contributed by atoms with van der Waals surface area (Å²) in [6.45, 7) is 0. The molecule has 108 valence electrons. The van der Waals surface area contributed by atoms with Crippen LogP contribution >= 0.6 is 11.3 Å². The Morgan fingerprint density at radius 2 is 2.05 bits per heavy atom. The van der Waals surface area contributed by atoms with Crippen LogP contribution < -0.4 is 5.32 Å². The number of carbonyl (C=O) groups is 1. The second-order valence-corrected chi connectivity index (χ2v) is 5.09. The van der Waals surface area contributed by atoms with Crippen molar-refractivity contribution < 1.29 is 18.0 Å². The molecule has 0 bridgehead atoms. The summed E-state index contributed by atoms with van der Waals surface area (Å²) in [7, 11) is 0. The lowest BCUT2D eigenvalue weighted by molar-refractivity contribution is -0.167. The van der Waals surface area contributed by atoms with Gasteiger partial charge < -0.3 is 5.32 Å². The Balaban J connectivity index is 2.00. The molecule has 0 aliphatic rings. The van der Waals surface area contributed by atoms with Crippen molar-refractivity contribution >= 4 is 27.9 Å². The maximum Gasteiger partial charge on any atom is 0.471 e. The molecule has 1 aromatic carbocycles. The van der Waals surface area contributed by atoms with Crippen LogP contribution in [0.1, 0.15) is 0 Å².